The molecule has 2 amide bonds. The zero-order valence-electron chi connectivity index (χ0n) is 28.3. The number of piperidine rings is 1. The van der Waals surface area contributed by atoms with Crippen molar-refractivity contribution in [2.24, 2.45) is 5.92 Å². The summed E-state index contributed by atoms with van der Waals surface area (Å²) in [5.41, 5.74) is 4.38. The Hall–Kier alpha value is -5.82. The van der Waals surface area contributed by atoms with E-state index in [-0.39, 0.29) is 19.1 Å². The lowest BCUT2D eigenvalue weighted by Gasteiger charge is -2.37. The topological polar surface area (TPSA) is 141 Å². The van der Waals surface area contributed by atoms with E-state index in [0.717, 1.165) is 33.6 Å². The molecule has 3 heterocycles. The molecule has 3 N–H and O–H groups in total. The van der Waals surface area contributed by atoms with Crippen LogP contribution in [0.2, 0.25) is 0 Å². The number of nitrogens with zero attached hydrogens (tertiary/aromatic N) is 4. The van der Waals surface area contributed by atoms with Gasteiger partial charge in [-0.3, -0.25) is 9.69 Å². The summed E-state index contributed by atoms with van der Waals surface area (Å²) < 4.78 is 23.5. The third-order valence-corrected chi connectivity index (χ3v) is 8.73. The smallest absolute Gasteiger partial charge is 0.407 e. The fraction of sp³-hybridized carbons (Fsp3) is 0.297. The van der Waals surface area contributed by atoms with Gasteiger partial charge in [-0.05, 0) is 53.4 Å². The minimum absolute atomic E-state index is 0.137. The van der Waals surface area contributed by atoms with Crippen molar-refractivity contribution in [3.05, 3.63) is 108 Å². The zero-order valence-corrected chi connectivity index (χ0v) is 28.3. The van der Waals surface area contributed by atoms with Crippen LogP contribution in [0.1, 0.15) is 23.1 Å². The molecule has 1 saturated heterocycles. The summed E-state index contributed by atoms with van der Waals surface area (Å²) in [6.45, 7) is 2.01. The van der Waals surface area contributed by atoms with E-state index in [4.69, 9.17) is 18.9 Å². The van der Waals surface area contributed by atoms with Gasteiger partial charge >= 0.3 is 6.09 Å². The van der Waals surface area contributed by atoms with Gasteiger partial charge in [0.2, 0.25) is 5.91 Å². The molecule has 0 aliphatic carbocycles. The summed E-state index contributed by atoms with van der Waals surface area (Å²) in [5, 5.41) is 13.9. The highest BCUT2D eigenvalue weighted by atomic mass is 16.5. The Morgan fingerprint density at radius 2 is 1.74 bits per heavy atom. The first-order valence-electron chi connectivity index (χ1n) is 16.3. The second-order valence-electron chi connectivity index (χ2n) is 11.9. The molecule has 5 aromatic rings. The van der Waals surface area contributed by atoms with Crippen molar-refractivity contribution in [1.82, 2.24) is 30.1 Å². The van der Waals surface area contributed by atoms with Crippen LogP contribution in [0.5, 0.6) is 17.2 Å². The highest BCUT2D eigenvalue weighted by molar-refractivity contribution is 5.81. The van der Waals surface area contributed by atoms with E-state index in [0.29, 0.717) is 43.4 Å². The van der Waals surface area contributed by atoms with Crippen LogP contribution in [-0.4, -0.2) is 72.0 Å². The summed E-state index contributed by atoms with van der Waals surface area (Å²) >= 11 is 0. The van der Waals surface area contributed by atoms with Gasteiger partial charge in [0.15, 0.2) is 17.3 Å². The van der Waals surface area contributed by atoms with Crippen LogP contribution in [0.3, 0.4) is 0 Å². The number of methoxy groups -OCH3 is 3. The average Bonchev–Trinajstić information content (AvgIpc) is 3.57. The lowest BCUT2D eigenvalue weighted by atomic mass is 9.90. The minimum atomic E-state index is -0.561. The summed E-state index contributed by atoms with van der Waals surface area (Å²) in [4.78, 5) is 33.6. The molecule has 1 aliphatic heterocycles. The first kappa shape index (κ1) is 34.1. The lowest BCUT2D eigenvalue weighted by Crippen LogP contribution is -2.55. The van der Waals surface area contributed by atoms with E-state index < -0.39 is 18.1 Å². The first-order valence-corrected chi connectivity index (χ1v) is 16.3. The highest BCUT2D eigenvalue weighted by Gasteiger charge is 2.36. The third-order valence-electron chi connectivity index (χ3n) is 8.73. The molecule has 50 heavy (non-hydrogen) atoms. The molecule has 1 aliphatic rings. The average molecular weight is 680 g/mol. The maximum absolute atomic E-state index is 13.9. The van der Waals surface area contributed by atoms with Gasteiger partial charge in [-0.2, -0.15) is 5.10 Å². The SMILES string of the molecule is COc1cccc(Nc2ncnn3ccc(CN4CC[C@@H](NC(=O)OCc5ccccc5)[C@H](C(=O)NCc5ccc(OC)c(OC)c5)C4)c23)c1. The number of hydrogen-bond donors (Lipinski definition) is 3. The van der Waals surface area contributed by atoms with Crippen molar-refractivity contribution in [3.8, 4) is 17.2 Å². The van der Waals surface area contributed by atoms with Crippen LogP contribution in [-0.2, 0) is 29.2 Å². The Morgan fingerprint density at radius 1 is 0.900 bits per heavy atom. The molecule has 0 saturated carbocycles. The molecule has 0 bridgehead atoms. The van der Waals surface area contributed by atoms with Crippen molar-refractivity contribution in [2.45, 2.75) is 32.2 Å². The number of anilines is 2. The third kappa shape index (κ3) is 8.24. The van der Waals surface area contributed by atoms with Crippen molar-refractivity contribution < 1.29 is 28.5 Å². The molecule has 13 heteroatoms. The van der Waals surface area contributed by atoms with Crippen LogP contribution < -0.4 is 30.2 Å². The molecule has 1 fully saturated rings. The Bertz CT molecular complexity index is 1920. The summed E-state index contributed by atoms with van der Waals surface area (Å²) in [6, 6.07) is 24.2. The fourth-order valence-electron chi connectivity index (χ4n) is 6.14. The molecule has 0 unspecified atom stereocenters. The van der Waals surface area contributed by atoms with E-state index in [9.17, 15) is 9.59 Å². The molecular weight excluding hydrogens is 638 g/mol. The predicted octanol–water partition coefficient (Wildman–Crippen LogP) is 4.93. The number of likely N-dealkylation sites (tertiary alicyclic amines) is 1. The summed E-state index contributed by atoms with van der Waals surface area (Å²) in [6.07, 6.45) is 3.39. The molecular formula is C37H41N7O6. The van der Waals surface area contributed by atoms with Crippen molar-refractivity contribution in [3.63, 3.8) is 0 Å². The number of nitrogens with one attached hydrogen (secondary N) is 3. The molecule has 2 aromatic heterocycles. The summed E-state index contributed by atoms with van der Waals surface area (Å²) in [7, 11) is 4.78. The second-order valence-corrected chi connectivity index (χ2v) is 11.9. The van der Waals surface area contributed by atoms with Gasteiger partial charge in [0.25, 0.3) is 0 Å². The van der Waals surface area contributed by atoms with Gasteiger partial charge in [0, 0.05) is 50.2 Å². The van der Waals surface area contributed by atoms with Crippen LogP contribution in [0.4, 0.5) is 16.3 Å². The van der Waals surface area contributed by atoms with Gasteiger partial charge in [-0.15, -0.1) is 0 Å². The van der Waals surface area contributed by atoms with Gasteiger partial charge in [0.05, 0.1) is 27.2 Å². The number of aromatic nitrogens is 3. The largest absolute Gasteiger partial charge is 0.497 e. The van der Waals surface area contributed by atoms with Crippen molar-refractivity contribution in [1.29, 1.82) is 0 Å². The second kappa shape index (κ2) is 16.1. The highest BCUT2D eigenvalue weighted by Crippen LogP contribution is 2.29. The number of amides is 2. The Morgan fingerprint density at radius 3 is 2.54 bits per heavy atom. The Kier molecular flexibility index (Phi) is 10.9. The molecule has 0 radical (unpaired) electrons. The molecule has 2 atom stereocenters. The molecule has 3 aromatic carbocycles. The Balaban J connectivity index is 1.18. The monoisotopic (exact) mass is 679 g/mol. The summed E-state index contributed by atoms with van der Waals surface area (Å²) in [5.74, 6) is 1.83. The Labute approximate surface area is 290 Å². The standard InChI is InChI=1S/C37H41N7O6/c1-47-29-11-7-10-28(19-29)41-35-34-27(14-17-44(34)40-24-39-35)21-43-16-15-31(42-37(46)50-23-25-8-5-4-6-9-25)30(22-43)36(45)38-20-26-12-13-32(48-2)33(18-26)49-3/h4-14,17-19,24,30-31H,15-16,20-23H2,1-3H3,(H,38,45)(H,42,46)(H,39,40,41)/t30-,31-/m1/s1. The number of fused-ring (bicyclic) bond motifs is 1. The van der Waals surface area contributed by atoms with Crippen molar-refractivity contribution in [2.75, 3.05) is 39.7 Å². The van der Waals surface area contributed by atoms with Gasteiger partial charge in [-0.1, -0.05) is 42.5 Å². The van der Waals surface area contributed by atoms with E-state index in [1.165, 1.54) is 6.33 Å². The van der Waals surface area contributed by atoms with E-state index in [1.807, 2.05) is 79.0 Å². The number of carbonyl (C=O) groups is 2. The number of benzene rings is 3. The van der Waals surface area contributed by atoms with Crippen LogP contribution in [0, 0.1) is 5.92 Å². The van der Waals surface area contributed by atoms with Gasteiger partial charge in [0.1, 0.15) is 24.2 Å². The molecule has 0 spiro atoms. The number of ether oxygens (including phenoxy) is 4. The maximum atomic E-state index is 13.9. The minimum Gasteiger partial charge on any atom is -0.497 e. The number of rotatable bonds is 13. The lowest BCUT2D eigenvalue weighted by molar-refractivity contribution is -0.127. The van der Waals surface area contributed by atoms with E-state index in [2.05, 4.69) is 30.9 Å². The van der Waals surface area contributed by atoms with Crippen LogP contribution >= 0.6 is 0 Å². The molecule has 260 valence electrons. The van der Waals surface area contributed by atoms with E-state index >= 15 is 0 Å². The first-order chi connectivity index (χ1) is 24.4. The van der Waals surface area contributed by atoms with Crippen molar-refractivity contribution >= 4 is 29.0 Å². The predicted molar refractivity (Wildman–Crippen MR) is 188 cm³/mol. The number of carbonyl (C=O) groups excluding carboxylic acids is 2. The van der Waals surface area contributed by atoms with Gasteiger partial charge < -0.3 is 34.9 Å². The number of hydrogen-bond acceptors (Lipinski definition) is 10. The van der Waals surface area contributed by atoms with Crippen LogP contribution in [0.25, 0.3) is 5.52 Å². The molecule has 6 rings (SSSR count). The van der Waals surface area contributed by atoms with E-state index in [1.54, 1.807) is 31.9 Å². The molecule has 13 nitrogen and oxygen atoms in total. The van der Waals surface area contributed by atoms with Crippen LogP contribution in [0.15, 0.2) is 91.4 Å². The maximum Gasteiger partial charge on any atom is 0.407 e. The fourth-order valence-corrected chi connectivity index (χ4v) is 6.14. The number of alkyl carbamates (subject to hydrolysis) is 1. The normalized spacial score (nSPS) is 16.0. The zero-order chi connectivity index (χ0) is 34.9. The quantitative estimate of drug-likeness (QED) is 0.157. The van der Waals surface area contributed by atoms with Gasteiger partial charge in [-0.25, -0.2) is 14.3 Å².